The van der Waals surface area contributed by atoms with Crippen LogP contribution in [0.25, 0.3) is 0 Å². The second-order valence-electron chi connectivity index (χ2n) is 3.36. The normalized spacial score (nSPS) is 12.2. The summed E-state index contributed by atoms with van der Waals surface area (Å²) in [6.45, 7) is 2.51. The number of aromatic nitrogens is 2. The largest absolute Gasteiger partial charge is 0.385 e. The number of nitrogens with two attached hydrogens (primary N) is 1. The molecule has 0 amide bonds. The van der Waals surface area contributed by atoms with Gasteiger partial charge in [0.05, 0.1) is 6.20 Å². The van der Waals surface area contributed by atoms with E-state index in [1.165, 1.54) is 0 Å². The Morgan fingerprint density at radius 3 is 3.00 bits per heavy atom. The standard InChI is InChI=1S/C9H16FN5O/c1-6(3-4-16-2)13-8-7(10)5-12-9(14-8)15-11/h5-6H,3-4,11H2,1-2H3,(H2,12,13,14,15). The van der Waals surface area contributed by atoms with Gasteiger partial charge in [-0.3, -0.25) is 5.43 Å². The molecule has 4 N–H and O–H groups in total. The second-order valence-corrected chi connectivity index (χ2v) is 3.36. The number of hydrazine groups is 1. The molecule has 90 valence electrons. The fourth-order valence-corrected chi connectivity index (χ4v) is 1.14. The maximum Gasteiger partial charge on any atom is 0.239 e. The molecule has 1 atom stereocenters. The highest BCUT2D eigenvalue weighted by molar-refractivity contribution is 5.41. The molecule has 0 aliphatic heterocycles. The SMILES string of the molecule is COCCC(C)Nc1nc(NN)ncc1F. The minimum atomic E-state index is -0.511. The molecule has 1 aromatic rings. The summed E-state index contributed by atoms with van der Waals surface area (Å²) in [4.78, 5) is 7.50. The topological polar surface area (TPSA) is 85.1 Å². The Bertz CT molecular complexity index is 336. The first-order valence-electron chi connectivity index (χ1n) is 4.92. The van der Waals surface area contributed by atoms with Crippen LogP contribution < -0.4 is 16.6 Å². The molecule has 0 spiro atoms. The minimum absolute atomic E-state index is 0.0509. The molecule has 0 radical (unpaired) electrons. The summed E-state index contributed by atoms with van der Waals surface area (Å²) in [6, 6.07) is 0.0509. The van der Waals surface area contributed by atoms with E-state index in [0.29, 0.717) is 6.61 Å². The fraction of sp³-hybridized carbons (Fsp3) is 0.556. The lowest BCUT2D eigenvalue weighted by Crippen LogP contribution is -2.20. The first-order valence-corrected chi connectivity index (χ1v) is 4.92. The Morgan fingerprint density at radius 1 is 1.62 bits per heavy atom. The molecule has 1 aromatic heterocycles. The van der Waals surface area contributed by atoms with Crippen LogP contribution in [-0.2, 0) is 4.74 Å². The zero-order valence-electron chi connectivity index (χ0n) is 9.33. The van der Waals surface area contributed by atoms with E-state index in [-0.39, 0.29) is 17.8 Å². The Morgan fingerprint density at radius 2 is 2.38 bits per heavy atom. The van der Waals surface area contributed by atoms with Crippen molar-refractivity contribution in [2.45, 2.75) is 19.4 Å². The third-order valence-electron chi connectivity index (χ3n) is 2.01. The van der Waals surface area contributed by atoms with Gasteiger partial charge >= 0.3 is 0 Å². The number of nitrogens with zero attached hydrogens (tertiary/aromatic N) is 2. The maximum atomic E-state index is 13.3. The van der Waals surface area contributed by atoms with Crippen LogP contribution in [0.5, 0.6) is 0 Å². The van der Waals surface area contributed by atoms with Crippen molar-refractivity contribution in [1.82, 2.24) is 9.97 Å². The van der Waals surface area contributed by atoms with E-state index in [1.807, 2.05) is 6.92 Å². The number of anilines is 2. The van der Waals surface area contributed by atoms with E-state index in [2.05, 4.69) is 20.7 Å². The number of hydrogen-bond acceptors (Lipinski definition) is 6. The van der Waals surface area contributed by atoms with E-state index in [9.17, 15) is 4.39 Å². The van der Waals surface area contributed by atoms with Crippen molar-refractivity contribution < 1.29 is 9.13 Å². The van der Waals surface area contributed by atoms with E-state index < -0.39 is 5.82 Å². The van der Waals surface area contributed by atoms with Crippen molar-refractivity contribution >= 4 is 11.8 Å². The Hall–Kier alpha value is -1.47. The van der Waals surface area contributed by atoms with Gasteiger partial charge in [-0.15, -0.1) is 0 Å². The molecule has 1 rings (SSSR count). The van der Waals surface area contributed by atoms with Gasteiger partial charge in [0.1, 0.15) is 0 Å². The summed E-state index contributed by atoms with van der Waals surface area (Å²) in [5, 5.41) is 2.92. The summed E-state index contributed by atoms with van der Waals surface area (Å²) in [5.41, 5.74) is 2.26. The molecule has 0 fully saturated rings. The summed E-state index contributed by atoms with van der Waals surface area (Å²) in [6.07, 6.45) is 1.82. The number of rotatable bonds is 6. The molecule has 0 aliphatic carbocycles. The average molecular weight is 229 g/mol. The first kappa shape index (κ1) is 12.6. The summed E-state index contributed by atoms with van der Waals surface area (Å²) in [7, 11) is 1.62. The number of methoxy groups -OCH3 is 1. The number of halogens is 1. The van der Waals surface area contributed by atoms with Crippen molar-refractivity contribution in [3.63, 3.8) is 0 Å². The Balaban J connectivity index is 2.64. The summed E-state index contributed by atoms with van der Waals surface area (Å²) in [5.74, 6) is 4.92. The van der Waals surface area contributed by atoms with Crippen LogP contribution in [0.4, 0.5) is 16.2 Å². The van der Waals surface area contributed by atoms with Crippen molar-refractivity contribution in [3.8, 4) is 0 Å². The van der Waals surface area contributed by atoms with E-state index in [1.54, 1.807) is 7.11 Å². The third-order valence-corrected chi connectivity index (χ3v) is 2.01. The number of hydrogen-bond donors (Lipinski definition) is 3. The van der Waals surface area contributed by atoms with Gasteiger partial charge in [-0.1, -0.05) is 0 Å². The molecular formula is C9H16FN5O. The quantitative estimate of drug-likeness (QED) is 0.493. The predicted octanol–water partition coefficient (Wildman–Crippen LogP) is 0.738. The molecular weight excluding hydrogens is 213 g/mol. The van der Waals surface area contributed by atoms with Crippen molar-refractivity contribution in [2.24, 2.45) is 5.84 Å². The third kappa shape index (κ3) is 3.59. The van der Waals surface area contributed by atoms with Gasteiger partial charge in [0.25, 0.3) is 0 Å². The van der Waals surface area contributed by atoms with Crippen molar-refractivity contribution in [1.29, 1.82) is 0 Å². The highest BCUT2D eigenvalue weighted by atomic mass is 19.1. The molecule has 7 heteroatoms. The van der Waals surface area contributed by atoms with Gasteiger partial charge < -0.3 is 10.1 Å². The molecule has 0 aromatic carbocycles. The van der Waals surface area contributed by atoms with Gasteiger partial charge in [0.2, 0.25) is 5.95 Å². The Kier molecular flexibility index (Phi) is 4.87. The van der Waals surface area contributed by atoms with Crippen LogP contribution in [0.2, 0.25) is 0 Å². The van der Waals surface area contributed by atoms with Gasteiger partial charge in [-0.2, -0.15) is 4.98 Å². The lowest BCUT2D eigenvalue weighted by molar-refractivity contribution is 0.191. The van der Waals surface area contributed by atoms with Gasteiger partial charge in [-0.25, -0.2) is 15.2 Å². The first-order chi connectivity index (χ1) is 7.67. The van der Waals surface area contributed by atoms with Crippen molar-refractivity contribution in [2.75, 3.05) is 24.5 Å². The average Bonchev–Trinajstić information content (AvgIpc) is 2.29. The zero-order chi connectivity index (χ0) is 12.0. The predicted molar refractivity (Wildman–Crippen MR) is 59.4 cm³/mol. The molecule has 0 saturated heterocycles. The highest BCUT2D eigenvalue weighted by Gasteiger charge is 2.09. The van der Waals surface area contributed by atoms with Crippen LogP contribution in [0.1, 0.15) is 13.3 Å². The van der Waals surface area contributed by atoms with Gasteiger partial charge in [0.15, 0.2) is 11.6 Å². The monoisotopic (exact) mass is 229 g/mol. The number of nitrogens with one attached hydrogen (secondary N) is 2. The summed E-state index contributed by atoms with van der Waals surface area (Å²) >= 11 is 0. The molecule has 0 aliphatic rings. The molecule has 0 bridgehead atoms. The van der Waals surface area contributed by atoms with Crippen LogP contribution in [-0.4, -0.2) is 29.7 Å². The van der Waals surface area contributed by atoms with Crippen LogP contribution >= 0.6 is 0 Å². The van der Waals surface area contributed by atoms with Gasteiger partial charge in [0, 0.05) is 19.8 Å². The van der Waals surface area contributed by atoms with Crippen LogP contribution in [0.3, 0.4) is 0 Å². The zero-order valence-corrected chi connectivity index (χ0v) is 9.33. The maximum absolute atomic E-state index is 13.3. The number of ether oxygens (including phenoxy) is 1. The molecule has 0 saturated carbocycles. The van der Waals surface area contributed by atoms with Crippen LogP contribution in [0, 0.1) is 5.82 Å². The number of nitrogen functional groups attached to an aromatic ring is 1. The second kappa shape index (κ2) is 6.19. The molecule has 6 nitrogen and oxygen atoms in total. The lowest BCUT2D eigenvalue weighted by atomic mass is 10.2. The van der Waals surface area contributed by atoms with E-state index in [4.69, 9.17) is 10.6 Å². The van der Waals surface area contributed by atoms with Crippen LogP contribution in [0.15, 0.2) is 6.20 Å². The summed E-state index contributed by atoms with van der Waals surface area (Å²) < 4.78 is 18.2. The molecule has 1 heterocycles. The van der Waals surface area contributed by atoms with E-state index in [0.717, 1.165) is 12.6 Å². The lowest BCUT2D eigenvalue weighted by Gasteiger charge is -2.14. The highest BCUT2D eigenvalue weighted by Crippen LogP contribution is 2.13. The van der Waals surface area contributed by atoms with Crippen molar-refractivity contribution in [3.05, 3.63) is 12.0 Å². The molecule has 16 heavy (non-hydrogen) atoms. The smallest absolute Gasteiger partial charge is 0.239 e. The van der Waals surface area contributed by atoms with Gasteiger partial charge in [-0.05, 0) is 13.3 Å². The Labute approximate surface area is 93.4 Å². The van der Waals surface area contributed by atoms with E-state index >= 15 is 0 Å². The fourth-order valence-electron chi connectivity index (χ4n) is 1.14. The minimum Gasteiger partial charge on any atom is -0.385 e. The molecule has 1 unspecified atom stereocenters.